The van der Waals surface area contributed by atoms with Crippen molar-refractivity contribution in [2.24, 2.45) is 0 Å². The number of fused-ring (bicyclic) bond motifs is 1. The maximum Gasteiger partial charge on any atom is 0.415 e. The second kappa shape index (κ2) is 6.69. The molecule has 128 valence electrons. The largest absolute Gasteiger partial charge is 0.496 e. The van der Waals surface area contributed by atoms with Gasteiger partial charge in [0.1, 0.15) is 23.7 Å². The zero-order chi connectivity index (χ0) is 17.2. The first-order valence-electron chi connectivity index (χ1n) is 8.12. The number of anilines is 1. The topological polar surface area (TPSA) is 48.0 Å². The van der Waals surface area contributed by atoms with Crippen molar-refractivity contribution in [3.8, 4) is 11.5 Å². The third-order valence-electron chi connectivity index (χ3n) is 3.93. The quantitative estimate of drug-likeness (QED) is 0.831. The first kappa shape index (κ1) is 17.4. The number of hydrogen-bond acceptors (Lipinski definition) is 4. The van der Waals surface area contributed by atoms with Gasteiger partial charge in [0.25, 0.3) is 0 Å². The molecule has 1 aliphatic rings. The Balaban J connectivity index is 2.40. The highest BCUT2D eigenvalue weighted by Crippen LogP contribution is 2.41. The van der Waals surface area contributed by atoms with E-state index in [2.05, 4.69) is 13.8 Å². The van der Waals surface area contributed by atoms with Crippen molar-refractivity contribution in [2.75, 3.05) is 25.2 Å². The third-order valence-corrected chi connectivity index (χ3v) is 3.93. The summed E-state index contributed by atoms with van der Waals surface area (Å²) in [6, 6.07) is 3.86. The van der Waals surface area contributed by atoms with Crippen LogP contribution >= 0.6 is 0 Å². The fraction of sp³-hybridized carbons (Fsp3) is 0.611. The SMILES string of the molecule is CCC(C)c1cc2c(cc1OC)N(C(=O)OC(C)(C)C)CCO2. The lowest BCUT2D eigenvalue weighted by atomic mass is 9.96. The molecule has 5 heteroatoms. The van der Waals surface area contributed by atoms with Crippen molar-refractivity contribution in [2.45, 2.75) is 52.6 Å². The van der Waals surface area contributed by atoms with E-state index in [-0.39, 0.29) is 6.09 Å². The van der Waals surface area contributed by atoms with Crippen molar-refractivity contribution in [1.82, 2.24) is 0 Å². The van der Waals surface area contributed by atoms with Gasteiger partial charge in [-0.15, -0.1) is 0 Å². The predicted molar refractivity (Wildman–Crippen MR) is 90.8 cm³/mol. The third kappa shape index (κ3) is 3.89. The molecule has 0 saturated carbocycles. The molecule has 0 spiro atoms. The summed E-state index contributed by atoms with van der Waals surface area (Å²) in [4.78, 5) is 14.1. The lowest BCUT2D eigenvalue weighted by Crippen LogP contribution is -2.41. The highest BCUT2D eigenvalue weighted by molar-refractivity contribution is 5.91. The lowest BCUT2D eigenvalue weighted by molar-refractivity contribution is 0.0567. The van der Waals surface area contributed by atoms with Gasteiger partial charge in [-0.2, -0.15) is 0 Å². The molecule has 0 saturated heterocycles. The highest BCUT2D eigenvalue weighted by Gasteiger charge is 2.30. The van der Waals surface area contributed by atoms with Gasteiger partial charge >= 0.3 is 6.09 Å². The number of rotatable bonds is 3. The molecule has 0 N–H and O–H groups in total. The average molecular weight is 321 g/mol. The molecule has 1 amide bonds. The summed E-state index contributed by atoms with van der Waals surface area (Å²) in [5.74, 6) is 1.84. The molecule has 1 atom stereocenters. The molecule has 1 aromatic carbocycles. The monoisotopic (exact) mass is 321 g/mol. The molecule has 1 heterocycles. The van der Waals surface area contributed by atoms with Crippen LogP contribution < -0.4 is 14.4 Å². The first-order chi connectivity index (χ1) is 10.8. The zero-order valence-electron chi connectivity index (χ0n) is 14.9. The summed E-state index contributed by atoms with van der Waals surface area (Å²) in [5.41, 5.74) is 1.27. The summed E-state index contributed by atoms with van der Waals surface area (Å²) in [5, 5.41) is 0. The van der Waals surface area contributed by atoms with E-state index in [9.17, 15) is 4.79 Å². The highest BCUT2D eigenvalue weighted by atomic mass is 16.6. The Morgan fingerprint density at radius 3 is 2.65 bits per heavy atom. The molecule has 0 aliphatic carbocycles. The van der Waals surface area contributed by atoms with Crippen LogP contribution in [0.2, 0.25) is 0 Å². The normalized spacial score (nSPS) is 15.5. The molecule has 5 nitrogen and oxygen atoms in total. The second-order valence-electron chi connectivity index (χ2n) is 6.85. The standard InChI is InChI=1S/C18H27NO4/c1-7-12(2)13-10-16-14(11-15(13)21-6)19(8-9-22-16)17(20)23-18(3,4)5/h10-12H,7-9H2,1-6H3. The van der Waals surface area contributed by atoms with Crippen LogP contribution in [-0.4, -0.2) is 32.0 Å². The van der Waals surface area contributed by atoms with Crippen molar-refractivity contribution in [1.29, 1.82) is 0 Å². The van der Waals surface area contributed by atoms with Crippen LogP contribution in [0.25, 0.3) is 0 Å². The Bertz CT molecular complexity index is 577. The second-order valence-corrected chi connectivity index (χ2v) is 6.85. The van der Waals surface area contributed by atoms with Gasteiger partial charge in [-0.05, 0) is 39.2 Å². The molecule has 0 bridgehead atoms. The molecule has 0 fully saturated rings. The van der Waals surface area contributed by atoms with E-state index < -0.39 is 5.60 Å². The van der Waals surface area contributed by atoms with E-state index in [1.54, 1.807) is 12.0 Å². The van der Waals surface area contributed by atoms with Crippen molar-refractivity contribution in [3.63, 3.8) is 0 Å². The Morgan fingerprint density at radius 2 is 2.09 bits per heavy atom. The predicted octanol–water partition coefficient (Wildman–Crippen LogP) is 4.34. The van der Waals surface area contributed by atoms with Gasteiger partial charge in [0.05, 0.1) is 19.3 Å². The lowest BCUT2D eigenvalue weighted by Gasteiger charge is -2.32. The summed E-state index contributed by atoms with van der Waals surface area (Å²) < 4.78 is 16.8. The van der Waals surface area contributed by atoms with E-state index in [0.29, 0.717) is 30.5 Å². The summed E-state index contributed by atoms with van der Waals surface area (Å²) in [6.45, 7) is 10.8. The minimum atomic E-state index is -0.531. The number of amides is 1. The van der Waals surface area contributed by atoms with Crippen molar-refractivity contribution >= 4 is 11.8 Å². The smallest absolute Gasteiger partial charge is 0.415 e. The van der Waals surface area contributed by atoms with Gasteiger partial charge in [0.2, 0.25) is 0 Å². The molecule has 1 aromatic rings. The Kier molecular flexibility index (Phi) is 5.07. The maximum absolute atomic E-state index is 12.5. The Morgan fingerprint density at radius 1 is 1.39 bits per heavy atom. The molecule has 0 aromatic heterocycles. The molecular weight excluding hydrogens is 294 g/mol. The van der Waals surface area contributed by atoms with Crippen LogP contribution in [0.1, 0.15) is 52.5 Å². The first-order valence-corrected chi connectivity index (χ1v) is 8.12. The van der Waals surface area contributed by atoms with Gasteiger partial charge in [0.15, 0.2) is 0 Å². The minimum Gasteiger partial charge on any atom is -0.496 e. The summed E-state index contributed by atoms with van der Waals surface area (Å²) in [7, 11) is 1.65. The molecule has 1 unspecified atom stereocenters. The fourth-order valence-electron chi connectivity index (χ4n) is 2.55. The van der Waals surface area contributed by atoms with Crippen LogP contribution in [0.15, 0.2) is 12.1 Å². The summed E-state index contributed by atoms with van der Waals surface area (Å²) in [6.07, 6.45) is 0.644. The Labute approximate surface area is 138 Å². The molecule has 1 aliphatic heterocycles. The van der Waals surface area contributed by atoms with Gasteiger partial charge in [-0.3, -0.25) is 4.90 Å². The van der Waals surface area contributed by atoms with E-state index in [4.69, 9.17) is 14.2 Å². The molecule has 2 rings (SSSR count). The average Bonchev–Trinajstić information content (AvgIpc) is 2.50. The fourth-order valence-corrected chi connectivity index (χ4v) is 2.55. The number of nitrogens with zero attached hydrogens (tertiary/aromatic N) is 1. The number of ether oxygens (including phenoxy) is 3. The summed E-state index contributed by atoms with van der Waals surface area (Å²) >= 11 is 0. The van der Waals surface area contributed by atoms with Gasteiger partial charge < -0.3 is 14.2 Å². The molecular formula is C18H27NO4. The number of carbonyl (C=O) groups is 1. The zero-order valence-corrected chi connectivity index (χ0v) is 14.9. The molecule has 23 heavy (non-hydrogen) atoms. The van der Waals surface area contributed by atoms with E-state index in [1.165, 1.54) is 0 Å². The van der Waals surface area contributed by atoms with Crippen molar-refractivity contribution in [3.05, 3.63) is 17.7 Å². The minimum absolute atomic E-state index is 0.357. The van der Waals surface area contributed by atoms with E-state index in [0.717, 1.165) is 17.7 Å². The number of methoxy groups -OCH3 is 1. The number of carbonyl (C=O) groups excluding carboxylic acids is 1. The van der Waals surface area contributed by atoms with Crippen LogP contribution in [-0.2, 0) is 4.74 Å². The Hall–Kier alpha value is -1.91. The van der Waals surface area contributed by atoms with E-state index in [1.807, 2.05) is 32.9 Å². The van der Waals surface area contributed by atoms with E-state index >= 15 is 0 Å². The van der Waals surface area contributed by atoms with Crippen LogP contribution in [0.4, 0.5) is 10.5 Å². The van der Waals surface area contributed by atoms with Crippen molar-refractivity contribution < 1.29 is 19.0 Å². The number of benzene rings is 1. The molecule has 0 radical (unpaired) electrons. The van der Waals surface area contributed by atoms with Gasteiger partial charge in [-0.1, -0.05) is 13.8 Å². The van der Waals surface area contributed by atoms with Crippen LogP contribution in [0.3, 0.4) is 0 Å². The van der Waals surface area contributed by atoms with Crippen LogP contribution in [0.5, 0.6) is 11.5 Å². The number of hydrogen-bond donors (Lipinski definition) is 0. The van der Waals surface area contributed by atoms with Gasteiger partial charge in [0, 0.05) is 11.6 Å². The van der Waals surface area contributed by atoms with Crippen LogP contribution in [0, 0.1) is 0 Å². The maximum atomic E-state index is 12.5. The van der Waals surface area contributed by atoms with Gasteiger partial charge in [-0.25, -0.2) is 4.79 Å².